The second-order valence-electron chi connectivity index (χ2n) is 7.53. The molecule has 0 radical (unpaired) electrons. The Labute approximate surface area is 181 Å². The van der Waals surface area contributed by atoms with E-state index in [2.05, 4.69) is 17.6 Å². The van der Waals surface area contributed by atoms with Gasteiger partial charge in [0.25, 0.3) is 0 Å². The molecule has 0 aliphatic carbocycles. The van der Waals surface area contributed by atoms with Gasteiger partial charge in [0.1, 0.15) is 6.04 Å². The summed E-state index contributed by atoms with van der Waals surface area (Å²) in [6, 6.07) is -0.906. The molecule has 8 heteroatoms. The van der Waals surface area contributed by atoms with Gasteiger partial charge in [-0.25, -0.2) is 0 Å². The van der Waals surface area contributed by atoms with Crippen LogP contribution in [0.1, 0.15) is 84.5 Å². The van der Waals surface area contributed by atoms with Gasteiger partial charge >= 0.3 is 5.97 Å². The van der Waals surface area contributed by atoms with E-state index in [4.69, 9.17) is 14.6 Å². The van der Waals surface area contributed by atoms with E-state index in [1.165, 1.54) is 51.9 Å². The molecule has 0 aromatic heterocycles. The minimum Gasteiger partial charge on any atom is -0.480 e. The monoisotopic (exact) mass is 430 g/mol. The first-order valence-corrected chi connectivity index (χ1v) is 11.4. The van der Waals surface area contributed by atoms with E-state index in [0.717, 1.165) is 12.8 Å². The molecule has 30 heavy (non-hydrogen) atoms. The molecule has 0 unspecified atom stereocenters. The first-order valence-electron chi connectivity index (χ1n) is 11.4. The number of aliphatic carboxylic acids is 1. The number of nitrogens with one attached hydrogen (secondary N) is 2. The summed E-state index contributed by atoms with van der Waals surface area (Å²) in [6.45, 7) is 5.46. The average molecular weight is 431 g/mol. The van der Waals surface area contributed by atoms with Crippen molar-refractivity contribution in [1.82, 2.24) is 10.6 Å². The van der Waals surface area contributed by atoms with Crippen molar-refractivity contribution >= 4 is 17.8 Å². The van der Waals surface area contributed by atoms with Crippen molar-refractivity contribution in [2.75, 3.05) is 33.0 Å². The molecule has 0 rings (SSSR count). The molecule has 0 aliphatic rings. The van der Waals surface area contributed by atoms with Crippen LogP contribution in [0.3, 0.4) is 0 Å². The van der Waals surface area contributed by atoms with Crippen molar-refractivity contribution in [2.24, 2.45) is 0 Å². The Kier molecular flexibility index (Phi) is 19.5. The van der Waals surface area contributed by atoms with E-state index in [9.17, 15) is 14.4 Å². The van der Waals surface area contributed by atoms with Gasteiger partial charge in [0, 0.05) is 19.4 Å². The maximum absolute atomic E-state index is 11.7. The summed E-state index contributed by atoms with van der Waals surface area (Å²) in [6.07, 6.45) is 11.8. The van der Waals surface area contributed by atoms with E-state index in [1.807, 2.05) is 0 Å². The van der Waals surface area contributed by atoms with Gasteiger partial charge in [-0.1, -0.05) is 58.3 Å². The second-order valence-corrected chi connectivity index (χ2v) is 7.53. The lowest BCUT2D eigenvalue weighted by atomic mass is 10.1. The first-order chi connectivity index (χ1) is 14.5. The quantitative estimate of drug-likeness (QED) is 0.241. The lowest BCUT2D eigenvalue weighted by Crippen LogP contribution is -2.38. The largest absolute Gasteiger partial charge is 0.480 e. The minimum absolute atomic E-state index is 0.0689. The SMILES string of the molecule is CCCCCCCCCCCC(=O)NCCOCCOCCC(=O)N[C@@H](C)C(=O)O. The number of carboxylic acids is 1. The van der Waals surface area contributed by atoms with Crippen LogP contribution in [-0.2, 0) is 23.9 Å². The molecular weight excluding hydrogens is 388 g/mol. The zero-order valence-electron chi connectivity index (χ0n) is 18.9. The maximum Gasteiger partial charge on any atom is 0.325 e. The standard InChI is InChI=1S/C22H42N2O6/c1-3-4-5-6-7-8-9-10-11-12-20(25)23-14-16-30-18-17-29-15-13-21(26)24-19(2)22(27)28/h19H,3-18H2,1-2H3,(H,23,25)(H,24,26)(H,27,28)/t19-/m0/s1. The molecule has 0 heterocycles. The van der Waals surface area contributed by atoms with Crippen LogP contribution in [-0.4, -0.2) is 61.9 Å². The number of carbonyl (C=O) groups is 3. The van der Waals surface area contributed by atoms with Crippen LogP contribution in [0.4, 0.5) is 0 Å². The van der Waals surface area contributed by atoms with Gasteiger partial charge in [-0.2, -0.15) is 0 Å². The van der Waals surface area contributed by atoms with E-state index < -0.39 is 12.0 Å². The van der Waals surface area contributed by atoms with Crippen molar-refractivity contribution < 1.29 is 29.0 Å². The maximum atomic E-state index is 11.7. The van der Waals surface area contributed by atoms with Crippen molar-refractivity contribution in [3.63, 3.8) is 0 Å². The molecule has 176 valence electrons. The van der Waals surface area contributed by atoms with Crippen LogP contribution in [0.2, 0.25) is 0 Å². The molecule has 3 N–H and O–H groups in total. The Hall–Kier alpha value is -1.67. The molecule has 1 atom stereocenters. The lowest BCUT2D eigenvalue weighted by Gasteiger charge is -2.09. The molecule has 0 aromatic carbocycles. The Balaban J connectivity index is 3.31. The molecule has 0 fully saturated rings. The highest BCUT2D eigenvalue weighted by Gasteiger charge is 2.13. The third-order valence-corrected chi connectivity index (χ3v) is 4.67. The van der Waals surface area contributed by atoms with E-state index in [1.54, 1.807) is 0 Å². The fourth-order valence-electron chi connectivity index (χ4n) is 2.81. The van der Waals surface area contributed by atoms with Crippen LogP contribution in [0.25, 0.3) is 0 Å². The number of carbonyl (C=O) groups excluding carboxylic acids is 2. The van der Waals surface area contributed by atoms with Crippen LogP contribution in [0.5, 0.6) is 0 Å². The van der Waals surface area contributed by atoms with Crippen LogP contribution in [0, 0.1) is 0 Å². The summed E-state index contributed by atoms with van der Waals surface area (Å²) < 4.78 is 10.6. The second kappa shape index (κ2) is 20.6. The third-order valence-electron chi connectivity index (χ3n) is 4.67. The highest BCUT2D eigenvalue weighted by atomic mass is 16.5. The summed E-state index contributed by atoms with van der Waals surface area (Å²) in [7, 11) is 0. The average Bonchev–Trinajstić information content (AvgIpc) is 2.71. The number of rotatable bonds is 21. The number of amides is 2. The smallest absolute Gasteiger partial charge is 0.325 e. The summed E-state index contributed by atoms with van der Waals surface area (Å²) in [5.41, 5.74) is 0. The minimum atomic E-state index is -1.07. The van der Waals surface area contributed by atoms with Crippen molar-refractivity contribution in [3.8, 4) is 0 Å². The van der Waals surface area contributed by atoms with Gasteiger partial charge in [-0.3, -0.25) is 14.4 Å². The number of ether oxygens (including phenoxy) is 2. The van der Waals surface area contributed by atoms with Crippen LogP contribution < -0.4 is 10.6 Å². The Morgan fingerprint density at radius 1 is 0.767 bits per heavy atom. The molecule has 8 nitrogen and oxygen atoms in total. The highest BCUT2D eigenvalue weighted by molar-refractivity contribution is 5.83. The highest BCUT2D eigenvalue weighted by Crippen LogP contribution is 2.10. The van der Waals surface area contributed by atoms with Gasteiger partial charge in [0.05, 0.1) is 26.4 Å². The Morgan fingerprint density at radius 3 is 1.93 bits per heavy atom. The van der Waals surface area contributed by atoms with Gasteiger partial charge in [0.15, 0.2) is 0 Å². The Bertz CT molecular complexity index is 459. The molecular formula is C22H42N2O6. The van der Waals surface area contributed by atoms with Gasteiger partial charge < -0.3 is 25.2 Å². The number of carboxylic acid groups (broad SMARTS) is 1. The van der Waals surface area contributed by atoms with Crippen LogP contribution in [0.15, 0.2) is 0 Å². The van der Waals surface area contributed by atoms with Gasteiger partial charge in [-0.15, -0.1) is 0 Å². The van der Waals surface area contributed by atoms with Crippen molar-refractivity contribution in [1.29, 1.82) is 0 Å². The third kappa shape index (κ3) is 19.6. The van der Waals surface area contributed by atoms with Crippen molar-refractivity contribution in [2.45, 2.75) is 90.5 Å². The fourth-order valence-corrected chi connectivity index (χ4v) is 2.81. The Morgan fingerprint density at radius 2 is 1.33 bits per heavy atom. The molecule has 0 saturated heterocycles. The van der Waals surface area contributed by atoms with E-state index in [0.29, 0.717) is 32.8 Å². The number of hydrogen-bond acceptors (Lipinski definition) is 5. The number of unbranched alkanes of at least 4 members (excludes halogenated alkanes) is 8. The predicted molar refractivity (Wildman–Crippen MR) is 116 cm³/mol. The molecule has 0 spiro atoms. The van der Waals surface area contributed by atoms with E-state index >= 15 is 0 Å². The normalized spacial score (nSPS) is 11.8. The number of hydrogen-bond donors (Lipinski definition) is 3. The van der Waals surface area contributed by atoms with Crippen LogP contribution >= 0.6 is 0 Å². The topological polar surface area (TPSA) is 114 Å². The zero-order valence-corrected chi connectivity index (χ0v) is 18.9. The fraction of sp³-hybridized carbons (Fsp3) is 0.864. The van der Waals surface area contributed by atoms with Crippen molar-refractivity contribution in [3.05, 3.63) is 0 Å². The van der Waals surface area contributed by atoms with Gasteiger partial charge in [0.2, 0.25) is 11.8 Å². The zero-order chi connectivity index (χ0) is 22.5. The summed E-state index contributed by atoms with van der Waals surface area (Å²) in [5.74, 6) is -1.36. The molecule has 0 saturated carbocycles. The molecule has 0 bridgehead atoms. The van der Waals surface area contributed by atoms with E-state index in [-0.39, 0.29) is 24.8 Å². The summed E-state index contributed by atoms with van der Waals surface area (Å²) in [5, 5.41) is 13.9. The molecule has 0 aliphatic heterocycles. The lowest BCUT2D eigenvalue weighted by molar-refractivity contribution is -0.141. The van der Waals surface area contributed by atoms with Gasteiger partial charge in [-0.05, 0) is 13.3 Å². The predicted octanol–water partition coefficient (Wildman–Crippen LogP) is 3.04. The molecule has 2 amide bonds. The molecule has 0 aromatic rings. The summed E-state index contributed by atoms with van der Waals surface area (Å²) >= 11 is 0. The first kappa shape index (κ1) is 28.3. The summed E-state index contributed by atoms with van der Waals surface area (Å²) in [4.78, 5) is 33.8.